The van der Waals surface area contributed by atoms with Gasteiger partial charge < -0.3 is 23.9 Å². The maximum absolute atomic E-state index is 15.5. The first kappa shape index (κ1) is 27.3. The van der Waals surface area contributed by atoms with Gasteiger partial charge in [-0.05, 0) is 42.3 Å². The minimum atomic E-state index is -1.12. The number of carboxylic acid groups (broad SMARTS) is 1. The fourth-order valence-corrected chi connectivity index (χ4v) is 4.83. The fourth-order valence-electron chi connectivity index (χ4n) is 4.83. The first-order chi connectivity index (χ1) is 20.3. The van der Waals surface area contributed by atoms with E-state index in [0.717, 1.165) is 18.6 Å². The Bertz CT molecular complexity index is 1800. The molecular weight excluding hydrogens is 550 g/mol. The number of aromatic carboxylic acids is 1. The standard InChI is InChI=1S/C29H26F2N6O5/c1-36-32-13-18(35-36)15-42-27-5-3-4-23(33-27)20-12-21(30)16(8-22(20)31)11-26-34-28-24(37(26)14-19-6-7-41-19)9-17(29(38)39)10-25(28)40-2/h3-5,8-10,12-13,19H,6-7,11,14-15H2,1-2H3,(H,38,39)/t19-/m0/s1. The van der Waals surface area contributed by atoms with E-state index in [4.69, 9.17) is 14.2 Å². The number of imidazole rings is 1. The van der Waals surface area contributed by atoms with E-state index >= 15 is 8.78 Å². The van der Waals surface area contributed by atoms with E-state index in [1.165, 1.54) is 24.0 Å². The van der Waals surface area contributed by atoms with Crippen molar-refractivity contribution in [2.45, 2.75) is 32.1 Å². The molecule has 0 amide bonds. The minimum absolute atomic E-state index is 0.0228. The number of carboxylic acids is 1. The number of ether oxygens (including phenoxy) is 3. The van der Waals surface area contributed by atoms with Crippen molar-refractivity contribution >= 4 is 17.0 Å². The van der Waals surface area contributed by atoms with Crippen molar-refractivity contribution in [3.05, 3.63) is 82.9 Å². The Balaban J connectivity index is 1.31. The van der Waals surface area contributed by atoms with Crippen LogP contribution in [0.2, 0.25) is 0 Å². The third kappa shape index (κ3) is 5.38. The summed E-state index contributed by atoms with van der Waals surface area (Å²) in [6.07, 6.45) is 2.23. The number of halogens is 2. The number of nitrogens with zero attached hydrogens (tertiary/aromatic N) is 6. The SMILES string of the molecule is COc1cc(C(=O)O)cc2c1nc(Cc1cc(F)c(-c3cccc(OCc4cnn(C)n4)n3)cc1F)n2C[C@@H]1CCO1. The van der Waals surface area contributed by atoms with Crippen LogP contribution in [0.1, 0.15) is 33.9 Å². The summed E-state index contributed by atoms with van der Waals surface area (Å²) < 4.78 is 49.4. The first-order valence-corrected chi connectivity index (χ1v) is 13.1. The van der Waals surface area contributed by atoms with Gasteiger partial charge in [0.05, 0.1) is 42.7 Å². The van der Waals surface area contributed by atoms with E-state index < -0.39 is 17.6 Å². The third-order valence-electron chi connectivity index (χ3n) is 7.04. The van der Waals surface area contributed by atoms with Crippen LogP contribution in [0.15, 0.2) is 48.7 Å². The molecule has 1 aliphatic rings. The molecule has 0 aliphatic carbocycles. The Kier molecular flexibility index (Phi) is 7.25. The molecule has 1 fully saturated rings. The number of benzene rings is 2. The maximum Gasteiger partial charge on any atom is 0.335 e. The molecule has 0 unspecified atom stereocenters. The molecule has 11 nitrogen and oxygen atoms in total. The Morgan fingerprint density at radius 1 is 1.17 bits per heavy atom. The van der Waals surface area contributed by atoms with E-state index in [1.54, 1.807) is 36.0 Å². The van der Waals surface area contributed by atoms with Crippen molar-refractivity contribution < 1.29 is 32.9 Å². The monoisotopic (exact) mass is 576 g/mol. The van der Waals surface area contributed by atoms with Crippen LogP contribution in [0.3, 0.4) is 0 Å². The maximum atomic E-state index is 15.5. The van der Waals surface area contributed by atoms with Crippen molar-refractivity contribution in [1.29, 1.82) is 0 Å². The number of hydrogen-bond donors (Lipinski definition) is 1. The molecular formula is C29H26F2N6O5. The molecule has 0 saturated carbocycles. The van der Waals surface area contributed by atoms with Gasteiger partial charge in [0.25, 0.3) is 0 Å². The largest absolute Gasteiger partial charge is 0.494 e. The summed E-state index contributed by atoms with van der Waals surface area (Å²) in [5.41, 5.74) is 1.82. The highest BCUT2D eigenvalue weighted by Crippen LogP contribution is 2.32. The molecule has 1 N–H and O–H groups in total. The third-order valence-corrected chi connectivity index (χ3v) is 7.04. The first-order valence-electron chi connectivity index (χ1n) is 13.1. The van der Waals surface area contributed by atoms with Crippen LogP contribution in [0.25, 0.3) is 22.3 Å². The topological polar surface area (TPSA) is 126 Å². The van der Waals surface area contributed by atoms with Gasteiger partial charge in [-0.25, -0.2) is 23.5 Å². The second-order valence-corrected chi connectivity index (χ2v) is 9.85. The number of rotatable bonds is 10. The molecule has 1 aliphatic heterocycles. The summed E-state index contributed by atoms with van der Waals surface area (Å²) in [6.45, 7) is 1.12. The number of pyridine rings is 1. The lowest BCUT2D eigenvalue weighted by Crippen LogP contribution is -2.31. The number of carbonyl (C=O) groups is 1. The highest BCUT2D eigenvalue weighted by Gasteiger charge is 2.25. The molecule has 0 bridgehead atoms. The highest BCUT2D eigenvalue weighted by molar-refractivity contribution is 5.95. The lowest BCUT2D eigenvalue weighted by Gasteiger charge is -2.27. The zero-order chi connectivity index (χ0) is 29.4. The Labute approximate surface area is 238 Å². The molecule has 0 spiro atoms. The van der Waals surface area contributed by atoms with Gasteiger partial charge in [0, 0.05) is 31.7 Å². The lowest BCUT2D eigenvalue weighted by atomic mass is 10.0. The number of aromatic nitrogens is 6. The average molecular weight is 577 g/mol. The van der Waals surface area contributed by atoms with E-state index in [2.05, 4.69) is 20.2 Å². The molecule has 1 saturated heterocycles. The predicted molar refractivity (Wildman–Crippen MR) is 145 cm³/mol. The van der Waals surface area contributed by atoms with Crippen LogP contribution < -0.4 is 9.47 Å². The molecule has 4 heterocycles. The van der Waals surface area contributed by atoms with E-state index in [0.29, 0.717) is 35.7 Å². The second kappa shape index (κ2) is 11.2. The van der Waals surface area contributed by atoms with Crippen molar-refractivity contribution in [2.75, 3.05) is 13.7 Å². The number of methoxy groups -OCH3 is 1. The Morgan fingerprint density at radius 3 is 2.69 bits per heavy atom. The van der Waals surface area contributed by atoms with E-state index in [-0.39, 0.29) is 53.1 Å². The summed E-state index contributed by atoms with van der Waals surface area (Å²) in [7, 11) is 3.11. The van der Waals surface area contributed by atoms with Gasteiger partial charge in [-0.3, -0.25) is 0 Å². The van der Waals surface area contributed by atoms with Crippen molar-refractivity contribution in [2.24, 2.45) is 7.05 Å². The molecule has 42 heavy (non-hydrogen) atoms. The lowest BCUT2D eigenvalue weighted by molar-refractivity contribution is -0.0589. The summed E-state index contributed by atoms with van der Waals surface area (Å²) in [5, 5.41) is 17.7. The Morgan fingerprint density at radius 2 is 2.00 bits per heavy atom. The van der Waals surface area contributed by atoms with Crippen LogP contribution in [-0.4, -0.2) is 60.4 Å². The van der Waals surface area contributed by atoms with Gasteiger partial charge in [0.1, 0.15) is 41.0 Å². The number of hydrogen-bond acceptors (Lipinski definition) is 8. The van der Waals surface area contributed by atoms with Crippen molar-refractivity contribution in [1.82, 2.24) is 29.5 Å². The quantitative estimate of drug-likeness (QED) is 0.261. The number of aryl methyl sites for hydroxylation is 1. The normalized spacial score (nSPS) is 14.6. The molecule has 6 rings (SSSR count). The molecule has 1 atom stereocenters. The Hall–Kier alpha value is -4.91. The highest BCUT2D eigenvalue weighted by atomic mass is 19.1. The van der Waals surface area contributed by atoms with Crippen LogP contribution in [0.5, 0.6) is 11.6 Å². The molecule has 0 radical (unpaired) electrons. The van der Waals surface area contributed by atoms with Crippen molar-refractivity contribution in [3.63, 3.8) is 0 Å². The summed E-state index contributed by atoms with van der Waals surface area (Å²) in [5.74, 6) is -1.51. The summed E-state index contributed by atoms with van der Waals surface area (Å²) >= 11 is 0. The molecule has 3 aromatic heterocycles. The molecule has 5 aromatic rings. The van der Waals surface area contributed by atoms with Gasteiger partial charge in [0.2, 0.25) is 5.88 Å². The van der Waals surface area contributed by atoms with Gasteiger partial charge >= 0.3 is 5.97 Å². The average Bonchev–Trinajstić information content (AvgIpc) is 3.53. The van der Waals surface area contributed by atoms with Crippen LogP contribution in [0, 0.1) is 11.6 Å². The zero-order valence-electron chi connectivity index (χ0n) is 22.8. The minimum Gasteiger partial charge on any atom is -0.494 e. The summed E-state index contributed by atoms with van der Waals surface area (Å²) in [4.78, 5) is 22.1. The fraction of sp³-hybridized carbons (Fsp3) is 0.276. The number of fused-ring (bicyclic) bond motifs is 1. The predicted octanol–water partition coefficient (Wildman–Crippen LogP) is 4.17. The zero-order valence-corrected chi connectivity index (χ0v) is 22.8. The van der Waals surface area contributed by atoms with E-state index in [1.807, 2.05) is 0 Å². The molecule has 216 valence electrons. The smallest absolute Gasteiger partial charge is 0.335 e. The van der Waals surface area contributed by atoms with Crippen LogP contribution >= 0.6 is 0 Å². The van der Waals surface area contributed by atoms with Gasteiger partial charge in [-0.2, -0.15) is 15.0 Å². The van der Waals surface area contributed by atoms with Crippen molar-refractivity contribution in [3.8, 4) is 22.9 Å². The molecule has 2 aromatic carbocycles. The van der Waals surface area contributed by atoms with Gasteiger partial charge in [-0.15, -0.1) is 0 Å². The summed E-state index contributed by atoms with van der Waals surface area (Å²) in [6, 6.07) is 9.94. The molecule has 13 heteroatoms. The second-order valence-electron chi connectivity index (χ2n) is 9.85. The van der Waals surface area contributed by atoms with Gasteiger partial charge in [0.15, 0.2) is 0 Å². The van der Waals surface area contributed by atoms with E-state index in [9.17, 15) is 9.90 Å². The van der Waals surface area contributed by atoms with Crippen LogP contribution in [-0.2, 0) is 31.4 Å². The van der Waals surface area contributed by atoms with Crippen LogP contribution in [0.4, 0.5) is 8.78 Å². The van der Waals surface area contributed by atoms with Gasteiger partial charge in [-0.1, -0.05) is 6.07 Å².